The summed E-state index contributed by atoms with van der Waals surface area (Å²) >= 11 is 0. The minimum Gasteiger partial charge on any atom is -0.319 e. The summed E-state index contributed by atoms with van der Waals surface area (Å²) in [5.74, 6) is 0.127. The number of carbonyl (C=O) groups is 2. The van der Waals surface area contributed by atoms with Crippen LogP contribution in [0.3, 0.4) is 0 Å². The molecule has 2 atom stereocenters. The predicted octanol–water partition coefficient (Wildman–Crippen LogP) is 2.42. The Morgan fingerprint density at radius 2 is 1.97 bits per heavy atom. The normalized spacial score (nSPS) is 25.8. The van der Waals surface area contributed by atoms with E-state index in [9.17, 15) is 18.0 Å². The first-order valence-electron chi connectivity index (χ1n) is 12.3. The molecule has 1 N–H and O–H groups in total. The number of rotatable bonds is 5. The molecule has 0 radical (unpaired) electrons. The van der Waals surface area contributed by atoms with Crippen LogP contribution < -0.4 is 5.32 Å². The van der Waals surface area contributed by atoms with Crippen LogP contribution in [0.1, 0.15) is 59.8 Å². The van der Waals surface area contributed by atoms with Crippen molar-refractivity contribution in [1.82, 2.24) is 24.9 Å². The van der Waals surface area contributed by atoms with E-state index in [0.29, 0.717) is 19.4 Å². The highest BCUT2D eigenvalue weighted by Gasteiger charge is 2.53. The third-order valence-corrected chi connectivity index (χ3v) is 9.49. The van der Waals surface area contributed by atoms with Crippen molar-refractivity contribution in [3.63, 3.8) is 0 Å². The molecule has 188 valence electrons. The summed E-state index contributed by atoms with van der Waals surface area (Å²) in [4.78, 5) is 30.0. The highest BCUT2D eigenvalue weighted by atomic mass is 32.2. The van der Waals surface area contributed by atoms with Crippen LogP contribution >= 0.6 is 0 Å². The van der Waals surface area contributed by atoms with Crippen molar-refractivity contribution in [1.29, 1.82) is 0 Å². The Labute approximate surface area is 206 Å². The molecule has 0 bridgehead atoms. The first-order chi connectivity index (χ1) is 16.6. The fraction of sp³-hybridized carbons (Fsp3) is 0.560. The molecule has 3 aliphatic rings. The molecule has 0 saturated carbocycles. The molecular formula is C25H33N5O4S. The Kier molecular flexibility index (Phi) is 5.99. The Balaban J connectivity index is 1.34. The van der Waals surface area contributed by atoms with Crippen molar-refractivity contribution >= 4 is 21.8 Å². The lowest BCUT2D eigenvalue weighted by atomic mass is 9.84. The molecule has 3 heterocycles. The Morgan fingerprint density at radius 3 is 2.71 bits per heavy atom. The number of hydrogen-bond donors (Lipinski definition) is 1. The van der Waals surface area contributed by atoms with E-state index in [0.717, 1.165) is 47.3 Å². The smallest absolute Gasteiger partial charge is 0.319 e. The van der Waals surface area contributed by atoms with Gasteiger partial charge in [-0.2, -0.15) is 5.10 Å². The molecule has 2 saturated heterocycles. The van der Waals surface area contributed by atoms with Gasteiger partial charge in [-0.05, 0) is 64.1 Å². The number of urea groups is 1. The number of nitrogens with one attached hydrogen (secondary N) is 1. The maximum absolute atomic E-state index is 13.7. The van der Waals surface area contributed by atoms with Crippen LogP contribution in [0.5, 0.6) is 0 Å². The Bertz CT molecular complexity index is 1290. The number of aromatic nitrogens is 2. The van der Waals surface area contributed by atoms with Crippen LogP contribution in [0.15, 0.2) is 24.3 Å². The summed E-state index contributed by atoms with van der Waals surface area (Å²) in [6.07, 6.45) is 3.95. The molecule has 2 aromatic rings. The molecule has 2 unspecified atom stereocenters. The van der Waals surface area contributed by atoms with E-state index in [1.165, 1.54) is 4.90 Å². The van der Waals surface area contributed by atoms with E-state index in [1.807, 2.05) is 48.7 Å². The van der Waals surface area contributed by atoms with E-state index >= 15 is 0 Å². The summed E-state index contributed by atoms with van der Waals surface area (Å²) in [6.45, 7) is 4.54. The number of carbonyl (C=O) groups excluding carboxylic acids is 2. The van der Waals surface area contributed by atoms with E-state index in [4.69, 9.17) is 0 Å². The van der Waals surface area contributed by atoms with Gasteiger partial charge in [-0.25, -0.2) is 18.1 Å². The number of imide groups is 1. The maximum atomic E-state index is 13.7. The van der Waals surface area contributed by atoms with Crippen LogP contribution in [-0.4, -0.2) is 65.2 Å². The van der Waals surface area contributed by atoms with Crippen LogP contribution in [0.25, 0.3) is 0 Å². The molecule has 35 heavy (non-hydrogen) atoms. The van der Waals surface area contributed by atoms with E-state index in [-0.39, 0.29) is 36.2 Å². The summed E-state index contributed by atoms with van der Waals surface area (Å²) in [6, 6.07) is 7.43. The molecule has 2 fully saturated rings. The van der Waals surface area contributed by atoms with Gasteiger partial charge in [0.15, 0.2) is 9.84 Å². The van der Waals surface area contributed by atoms with Crippen LogP contribution in [0, 0.1) is 13.8 Å². The van der Waals surface area contributed by atoms with Gasteiger partial charge in [-0.1, -0.05) is 24.3 Å². The average molecular weight is 500 g/mol. The molecule has 1 aliphatic carbocycles. The number of benzene rings is 1. The lowest BCUT2D eigenvalue weighted by molar-refractivity contribution is -0.133. The van der Waals surface area contributed by atoms with Crippen molar-refractivity contribution in [2.45, 2.75) is 64.1 Å². The van der Waals surface area contributed by atoms with Gasteiger partial charge in [-0.3, -0.25) is 14.4 Å². The molecule has 2 aliphatic heterocycles. The minimum absolute atomic E-state index is 0.121. The molecule has 10 heteroatoms. The molecule has 5 rings (SSSR count). The van der Waals surface area contributed by atoms with Gasteiger partial charge >= 0.3 is 6.03 Å². The first-order valence-corrected chi connectivity index (χ1v) is 14.1. The quantitative estimate of drug-likeness (QED) is 0.634. The summed E-state index contributed by atoms with van der Waals surface area (Å²) in [7, 11) is -1.13. The van der Waals surface area contributed by atoms with Gasteiger partial charge in [0.2, 0.25) is 0 Å². The maximum Gasteiger partial charge on any atom is 0.326 e. The third kappa shape index (κ3) is 4.16. The highest BCUT2D eigenvalue weighted by Crippen LogP contribution is 2.39. The van der Waals surface area contributed by atoms with E-state index in [2.05, 4.69) is 16.5 Å². The van der Waals surface area contributed by atoms with Crippen LogP contribution in [0.2, 0.25) is 0 Å². The van der Waals surface area contributed by atoms with Crippen molar-refractivity contribution < 1.29 is 18.0 Å². The summed E-state index contributed by atoms with van der Waals surface area (Å²) in [5.41, 5.74) is 3.82. The molecule has 1 aromatic carbocycles. The SMILES string of the molecule is Cc1nn(C2CCS(=O)(=O)C2)c(C)c1CN(C)CN1C(=O)NC2(CCCCc3ccccc32)C1=O. The zero-order chi connectivity index (χ0) is 25.0. The monoisotopic (exact) mass is 499 g/mol. The fourth-order valence-corrected chi connectivity index (χ4v) is 7.60. The standard InChI is InChI=1S/C25H33N5O4S/c1-17-21(18(2)30(27-17)20-11-13-35(33,34)15-20)14-28(3)16-29-23(31)25(26-24(29)32)12-7-6-9-19-8-4-5-10-22(19)25/h4-5,8,10,20H,6-7,9,11-16H2,1-3H3,(H,26,32). The zero-order valence-electron chi connectivity index (χ0n) is 20.6. The average Bonchev–Trinajstić information content (AvgIpc) is 3.33. The van der Waals surface area contributed by atoms with Crippen molar-refractivity contribution in [3.05, 3.63) is 52.3 Å². The number of amides is 3. The van der Waals surface area contributed by atoms with Crippen molar-refractivity contribution in [3.8, 4) is 0 Å². The minimum atomic E-state index is -3.01. The number of fused-ring (bicyclic) bond motifs is 2. The number of sulfone groups is 1. The lowest BCUT2D eigenvalue weighted by Crippen LogP contribution is -2.45. The van der Waals surface area contributed by atoms with Gasteiger partial charge in [0.1, 0.15) is 5.54 Å². The molecule has 9 nitrogen and oxygen atoms in total. The van der Waals surface area contributed by atoms with Gasteiger partial charge in [0, 0.05) is 17.8 Å². The van der Waals surface area contributed by atoms with E-state index < -0.39 is 15.4 Å². The van der Waals surface area contributed by atoms with Crippen LogP contribution in [-0.2, 0) is 33.1 Å². The second-order valence-corrected chi connectivity index (χ2v) is 12.5. The summed E-state index contributed by atoms with van der Waals surface area (Å²) in [5, 5.41) is 7.69. The highest BCUT2D eigenvalue weighted by molar-refractivity contribution is 7.91. The van der Waals surface area contributed by atoms with Gasteiger partial charge < -0.3 is 5.32 Å². The second-order valence-electron chi connectivity index (χ2n) is 10.2. The number of nitrogens with zero attached hydrogens (tertiary/aromatic N) is 4. The number of aryl methyl sites for hydroxylation is 2. The lowest BCUT2D eigenvalue weighted by Gasteiger charge is -2.28. The van der Waals surface area contributed by atoms with Gasteiger partial charge in [0.25, 0.3) is 5.91 Å². The molecule has 3 amide bonds. The largest absolute Gasteiger partial charge is 0.326 e. The van der Waals surface area contributed by atoms with Gasteiger partial charge in [0.05, 0.1) is 29.9 Å². The van der Waals surface area contributed by atoms with Crippen molar-refractivity contribution in [2.24, 2.45) is 0 Å². The summed E-state index contributed by atoms with van der Waals surface area (Å²) < 4.78 is 25.7. The number of hydrogen-bond acceptors (Lipinski definition) is 6. The molecule has 1 aromatic heterocycles. The second kappa shape index (κ2) is 8.74. The van der Waals surface area contributed by atoms with Crippen LogP contribution in [0.4, 0.5) is 4.79 Å². The third-order valence-electron chi connectivity index (χ3n) is 7.74. The van der Waals surface area contributed by atoms with Crippen molar-refractivity contribution in [2.75, 3.05) is 25.2 Å². The predicted molar refractivity (Wildman–Crippen MR) is 131 cm³/mol. The zero-order valence-corrected chi connectivity index (χ0v) is 21.4. The topological polar surface area (TPSA) is 105 Å². The first kappa shape index (κ1) is 24.0. The Morgan fingerprint density at radius 1 is 1.20 bits per heavy atom. The molecule has 1 spiro atoms. The fourth-order valence-electron chi connectivity index (χ4n) is 5.91. The van der Waals surface area contributed by atoms with E-state index in [1.54, 1.807) is 0 Å². The molecular weight excluding hydrogens is 466 g/mol. The Hall–Kier alpha value is -2.72. The van der Waals surface area contributed by atoms with Gasteiger partial charge in [-0.15, -0.1) is 0 Å².